The summed E-state index contributed by atoms with van der Waals surface area (Å²) in [6, 6.07) is 3.98. The number of pyridine rings is 1. The van der Waals surface area contributed by atoms with E-state index in [0.29, 0.717) is 4.34 Å². The number of rotatable bonds is 7. The number of aliphatic carboxylic acids is 1. The van der Waals surface area contributed by atoms with Gasteiger partial charge in [0.1, 0.15) is 0 Å². The molecule has 0 saturated carbocycles. The minimum Gasteiger partial charge on any atom is -0.481 e. The molecule has 0 bridgehead atoms. The molecule has 6 nitrogen and oxygen atoms in total. The highest BCUT2D eigenvalue weighted by molar-refractivity contribution is 8.01. The van der Waals surface area contributed by atoms with Crippen molar-refractivity contribution < 1.29 is 9.90 Å². The molecule has 0 atom stereocenters. The van der Waals surface area contributed by atoms with Crippen molar-refractivity contribution in [1.29, 1.82) is 0 Å². The van der Waals surface area contributed by atoms with E-state index in [0.717, 1.165) is 18.1 Å². The van der Waals surface area contributed by atoms with Gasteiger partial charge in [0, 0.05) is 26.0 Å². The predicted molar refractivity (Wildman–Crippen MR) is 79.5 cm³/mol. The number of carboxylic acid groups (broad SMARTS) is 1. The summed E-state index contributed by atoms with van der Waals surface area (Å²) in [5, 5.41) is 17.5. The first-order valence-electron chi connectivity index (χ1n) is 5.93. The lowest BCUT2D eigenvalue weighted by atomic mass is 10.2. The summed E-state index contributed by atoms with van der Waals surface area (Å²) < 4.78 is 0.679. The van der Waals surface area contributed by atoms with Crippen molar-refractivity contribution in [3.63, 3.8) is 0 Å². The van der Waals surface area contributed by atoms with E-state index in [4.69, 9.17) is 5.11 Å². The van der Waals surface area contributed by atoms with Crippen molar-refractivity contribution in [2.45, 2.75) is 10.8 Å². The van der Waals surface area contributed by atoms with Crippen molar-refractivity contribution in [2.24, 2.45) is 0 Å². The summed E-state index contributed by atoms with van der Waals surface area (Å²) in [6.07, 6.45) is 4.46. The van der Waals surface area contributed by atoms with Crippen LogP contribution in [0, 0.1) is 0 Å². The first-order valence-corrected chi connectivity index (χ1v) is 7.73. The lowest BCUT2D eigenvalue weighted by Gasteiger charge is -2.14. The molecule has 106 valence electrons. The Morgan fingerprint density at radius 3 is 2.85 bits per heavy atom. The Labute approximate surface area is 124 Å². The lowest BCUT2D eigenvalue weighted by molar-refractivity contribution is -0.133. The number of hydrogen-bond donors (Lipinski definition) is 1. The molecule has 20 heavy (non-hydrogen) atoms. The molecule has 0 unspecified atom stereocenters. The number of carboxylic acids is 1. The summed E-state index contributed by atoms with van der Waals surface area (Å²) in [6.45, 7) is 0.822. The number of thioether (sulfide) groups is 1. The fraction of sp³-hybridized carbons (Fsp3) is 0.333. The first-order chi connectivity index (χ1) is 9.65. The second-order valence-corrected chi connectivity index (χ2v) is 6.24. The van der Waals surface area contributed by atoms with E-state index in [1.54, 1.807) is 12.4 Å². The zero-order valence-corrected chi connectivity index (χ0v) is 12.5. The molecular formula is C12H14N4O2S2. The van der Waals surface area contributed by atoms with Gasteiger partial charge in [-0.2, -0.15) is 0 Å². The summed E-state index contributed by atoms with van der Waals surface area (Å²) in [7, 11) is 1.95. The molecule has 0 spiro atoms. The van der Waals surface area contributed by atoms with Crippen LogP contribution in [-0.2, 0) is 11.2 Å². The van der Waals surface area contributed by atoms with Crippen LogP contribution in [0.1, 0.15) is 5.56 Å². The fourth-order valence-corrected chi connectivity index (χ4v) is 3.03. The lowest BCUT2D eigenvalue weighted by Crippen LogP contribution is -2.20. The van der Waals surface area contributed by atoms with Crippen LogP contribution in [0.15, 0.2) is 28.9 Å². The van der Waals surface area contributed by atoms with Crippen LogP contribution in [0.4, 0.5) is 5.13 Å². The SMILES string of the molecule is CN(CCc1ccncc1)c1nnc(SCC(=O)O)s1. The molecule has 2 aromatic heterocycles. The largest absolute Gasteiger partial charge is 0.481 e. The molecule has 2 aromatic rings. The highest BCUT2D eigenvalue weighted by Gasteiger charge is 2.10. The Hall–Kier alpha value is -1.67. The minimum atomic E-state index is -0.849. The third-order valence-electron chi connectivity index (χ3n) is 2.53. The van der Waals surface area contributed by atoms with Gasteiger partial charge in [-0.1, -0.05) is 23.1 Å². The molecule has 0 aliphatic rings. The molecule has 1 N–H and O–H groups in total. The topological polar surface area (TPSA) is 79.2 Å². The second-order valence-electron chi connectivity index (χ2n) is 4.06. The van der Waals surface area contributed by atoms with Crippen LogP contribution in [-0.4, -0.2) is 45.6 Å². The van der Waals surface area contributed by atoms with Gasteiger partial charge in [0.15, 0.2) is 4.34 Å². The molecule has 0 radical (unpaired) electrons. The summed E-state index contributed by atoms with van der Waals surface area (Å²) in [5.74, 6) is -0.840. The number of nitrogens with zero attached hydrogens (tertiary/aromatic N) is 4. The molecule has 0 amide bonds. The maximum absolute atomic E-state index is 10.5. The van der Waals surface area contributed by atoms with Crippen molar-refractivity contribution in [1.82, 2.24) is 15.2 Å². The van der Waals surface area contributed by atoms with Gasteiger partial charge in [0.25, 0.3) is 0 Å². The van der Waals surface area contributed by atoms with Gasteiger partial charge < -0.3 is 10.0 Å². The molecule has 0 saturated heterocycles. The molecule has 0 aromatic carbocycles. The van der Waals surface area contributed by atoms with Gasteiger partial charge in [-0.05, 0) is 24.1 Å². The average molecular weight is 310 g/mol. The van der Waals surface area contributed by atoms with E-state index in [-0.39, 0.29) is 5.75 Å². The molecule has 2 rings (SSSR count). The zero-order valence-electron chi connectivity index (χ0n) is 10.9. The fourth-order valence-electron chi connectivity index (χ4n) is 1.48. The van der Waals surface area contributed by atoms with Crippen molar-refractivity contribution in [3.8, 4) is 0 Å². The monoisotopic (exact) mass is 310 g/mol. The van der Waals surface area contributed by atoms with Crippen molar-refractivity contribution >= 4 is 34.2 Å². The van der Waals surface area contributed by atoms with Crippen LogP contribution in [0.5, 0.6) is 0 Å². The molecule has 0 aliphatic carbocycles. The summed E-state index contributed by atoms with van der Waals surface area (Å²) >= 11 is 2.60. The Morgan fingerprint density at radius 1 is 1.40 bits per heavy atom. The maximum atomic E-state index is 10.5. The molecule has 8 heteroatoms. The average Bonchev–Trinajstić information content (AvgIpc) is 2.92. The first kappa shape index (κ1) is 14.7. The van der Waals surface area contributed by atoms with E-state index in [9.17, 15) is 4.79 Å². The standard InChI is InChI=1S/C12H14N4O2S2/c1-16(7-4-9-2-5-13-6-3-9)11-14-15-12(20-11)19-8-10(17)18/h2-3,5-6H,4,7-8H2,1H3,(H,17,18). The zero-order chi connectivity index (χ0) is 14.4. The normalized spacial score (nSPS) is 10.4. The quantitative estimate of drug-likeness (QED) is 0.781. The van der Waals surface area contributed by atoms with Gasteiger partial charge in [-0.3, -0.25) is 9.78 Å². The van der Waals surface area contributed by atoms with Gasteiger partial charge in [-0.25, -0.2) is 0 Å². The van der Waals surface area contributed by atoms with Crippen LogP contribution in [0.25, 0.3) is 0 Å². The van der Waals surface area contributed by atoms with E-state index in [1.807, 2.05) is 24.1 Å². The number of anilines is 1. The van der Waals surface area contributed by atoms with Gasteiger partial charge >= 0.3 is 5.97 Å². The molecule has 0 fully saturated rings. The summed E-state index contributed by atoms with van der Waals surface area (Å²) in [5.41, 5.74) is 1.22. The van der Waals surface area contributed by atoms with Crippen molar-refractivity contribution in [2.75, 3.05) is 24.2 Å². The number of carbonyl (C=O) groups is 1. The molecule has 0 aliphatic heterocycles. The van der Waals surface area contributed by atoms with Gasteiger partial charge in [0.2, 0.25) is 5.13 Å². The highest BCUT2D eigenvalue weighted by atomic mass is 32.2. The predicted octanol–water partition coefficient (Wildman–Crippen LogP) is 1.79. The Bertz CT molecular complexity index is 562. The van der Waals surface area contributed by atoms with E-state index < -0.39 is 5.97 Å². The number of hydrogen-bond acceptors (Lipinski definition) is 7. The van der Waals surface area contributed by atoms with Gasteiger partial charge in [0.05, 0.1) is 5.75 Å². The Morgan fingerprint density at radius 2 is 2.15 bits per heavy atom. The maximum Gasteiger partial charge on any atom is 0.313 e. The van der Waals surface area contributed by atoms with E-state index >= 15 is 0 Å². The van der Waals surface area contributed by atoms with Gasteiger partial charge in [-0.15, -0.1) is 10.2 Å². The van der Waals surface area contributed by atoms with Crippen LogP contribution in [0.3, 0.4) is 0 Å². The molecule has 2 heterocycles. The molecular weight excluding hydrogens is 296 g/mol. The van der Waals surface area contributed by atoms with Crippen LogP contribution >= 0.6 is 23.1 Å². The Balaban J connectivity index is 1.86. The third kappa shape index (κ3) is 4.46. The van der Waals surface area contributed by atoms with Crippen LogP contribution < -0.4 is 4.90 Å². The van der Waals surface area contributed by atoms with E-state index in [1.165, 1.54) is 28.7 Å². The third-order valence-corrected chi connectivity index (χ3v) is 4.68. The van der Waals surface area contributed by atoms with Crippen molar-refractivity contribution in [3.05, 3.63) is 30.1 Å². The smallest absolute Gasteiger partial charge is 0.313 e. The van der Waals surface area contributed by atoms with Crippen LogP contribution in [0.2, 0.25) is 0 Å². The second kappa shape index (κ2) is 7.20. The summed E-state index contributed by atoms with van der Waals surface area (Å²) in [4.78, 5) is 16.5. The number of likely N-dealkylation sites (N-methyl/N-ethyl adjacent to an activating group) is 1. The van der Waals surface area contributed by atoms with E-state index in [2.05, 4.69) is 15.2 Å². The Kier molecular flexibility index (Phi) is 5.31. The number of aromatic nitrogens is 3. The highest BCUT2D eigenvalue weighted by Crippen LogP contribution is 2.27. The minimum absolute atomic E-state index is 0.00929.